The highest BCUT2D eigenvalue weighted by Crippen LogP contribution is 2.17. The largest absolute Gasteiger partial charge is 0.508 e. The fraction of sp³-hybridized carbons (Fsp3) is 0.462. The third kappa shape index (κ3) is 3.74. The molecule has 0 atom stereocenters. The van der Waals surface area contributed by atoms with Gasteiger partial charge in [0.2, 0.25) is 0 Å². The lowest BCUT2D eigenvalue weighted by Crippen LogP contribution is -2.11. The zero-order chi connectivity index (χ0) is 11.1. The summed E-state index contributed by atoms with van der Waals surface area (Å²) in [7, 11) is 0. The van der Waals surface area contributed by atoms with E-state index in [1.807, 2.05) is 13.0 Å². The molecule has 2 nitrogen and oxygen atoms in total. The molecule has 0 aliphatic carbocycles. The molecule has 0 radical (unpaired) electrons. The summed E-state index contributed by atoms with van der Waals surface area (Å²) < 4.78 is 0. The molecule has 1 aliphatic rings. The molecular weight excluding hydrogens is 186 g/mol. The molecule has 0 saturated carbocycles. The number of aliphatic imine (C=N–C) groups is 1. The Bertz CT molecular complexity index is 310. The second-order valence-corrected chi connectivity index (χ2v) is 3.63. The van der Waals surface area contributed by atoms with Gasteiger partial charge in [0.25, 0.3) is 0 Å². The van der Waals surface area contributed by atoms with Crippen molar-refractivity contribution < 1.29 is 5.11 Å². The van der Waals surface area contributed by atoms with Crippen molar-refractivity contribution in [2.24, 2.45) is 4.99 Å². The average Bonchev–Trinajstić information content (AvgIpc) is 2.18. The van der Waals surface area contributed by atoms with Crippen molar-refractivity contribution >= 4 is 5.71 Å². The number of hydrogen-bond acceptors (Lipinski definition) is 2. The molecule has 1 heterocycles. The lowest BCUT2D eigenvalue weighted by Gasteiger charge is -2.14. The first-order valence-electron chi connectivity index (χ1n) is 5.45. The first kappa shape index (κ1) is 11.8. The van der Waals surface area contributed by atoms with Gasteiger partial charge in [0, 0.05) is 18.7 Å². The second kappa shape index (κ2) is 6.23. The number of aliphatic hydroxyl groups excluding tert-OH is 1. The normalized spacial score (nSPS) is 17.0. The predicted molar refractivity (Wildman–Crippen MR) is 65.4 cm³/mol. The van der Waals surface area contributed by atoms with Gasteiger partial charge < -0.3 is 5.11 Å². The average molecular weight is 205 g/mol. The van der Waals surface area contributed by atoms with Gasteiger partial charge in [-0.15, -0.1) is 6.58 Å². The summed E-state index contributed by atoms with van der Waals surface area (Å²) >= 11 is 0. The van der Waals surface area contributed by atoms with Crippen LogP contribution in [0.5, 0.6) is 0 Å². The van der Waals surface area contributed by atoms with Crippen LogP contribution >= 0.6 is 0 Å². The van der Waals surface area contributed by atoms with Crippen molar-refractivity contribution in [3.63, 3.8) is 0 Å². The maximum atomic E-state index is 9.75. The topological polar surface area (TPSA) is 32.6 Å². The molecule has 0 unspecified atom stereocenters. The molecule has 0 bridgehead atoms. The van der Waals surface area contributed by atoms with Crippen LogP contribution in [0.1, 0.15) is 32.6 Å². The van der Waals surface area contributed by atoms with Gasteiger partial charge >= 0.3 is 0 Å². The molecule has 0 amide bonds. The minimum Gasteiger partial charge on any atom is -0.508 e. The Morgan fingerprint density at radius 2 is 2.33 bits per heavy atom. The SMILES string of the molecule is C=CC/C=C(O)/C(=C\C)CCC1=NCC1. The highest BCUT2D eigenvalue weighted by Gasteiger charge is 2.09. The molecule has 2 heteroatoms. The lowest BCUT2D eigenvalue weighted by molar-refractivity contribution is 0.417. The van der Waals surface area contributed by atoms with Gasteiger partial charge in [-0.3, -0.25) is 4.99 Å². The van der Waals surface area contributed by atoms with Gasteiger partial charge in [0.1, 0.15) is 5.76 Å². The Kier molecular flexibility index (Phi) is 4.88. The zero-order valence-corrected chi connectivity index (χ0v) is 9.37. The van der Waals surface area contributed by atoms with Crippen LogP contribution < -0.4 is 0 Å². The molecule has 0 aromatic rings. The van der Waals surface area contributed by atoms with Crippen molar-refractivity contribution in [2.45, 2.75) is 32.6 Å². The van der Waals surface area contributed by atoms with Crippen molar-refractivity contribution in [2.75, 3.05) is 6.54 Å². The van der Waals surface area contributed by atoms with E-state index in [9.17, 15) is 5.11 Å². The van der Waals surface area contributed by atoms with Crippen LogP contribution in [-0.2, 0) is 0 Å². The Morgan fingerprint density at radius 3 is 2.80 bits per heavy atom. The summed E-state index contributed by atoms with van der Waals surface area (Å²) in [6.07, 6.45) is 9.25. The van der Waals surface area contributed by atoms with Crippen LogP contribution in [0.15, 0.2) is 41.1 Å². The van der Waals surface area contributed by atoms with Crippen LogP contribution in [0.2, 0.25) is 0 Å². The Labute approximate surface area is 91.7 Å². The van der Waals surface area contributed by atoms with E-state index in [-0.39, 0.29) is 0 Å². The van der Waals surface area contributed by atoms with Gasteiger partial charge in [0.15, 0.2) is 0 Å². The molecule has 82 valence electrons. The maximum Gasteiger partial charge on any atom is 0.114 e. The minimum atomic E-state index is 0.386. The Morgan fingerprint density at radius 1 is 1.60 bits per heavy atom. The van der Waals surface area contributed by atoms with Crippen LogP contribution in [0.3, 0.4) is 0 Å². The fourth-order valence-corrected chi connectivity index (χ4v) is 1.50. The predicted octanol–water partition coefficient (Wildman–Crippen LogP) is 3.58. The van der Waals surface area contributed by atoms with Gasteiger partial charge in [-0.05, 0) is 37.8 Å². The van der Waals surface area contributed by atoms with Crippen molar-refractivity contribution in [1.82, 2.24) is 0 Å². The summed E-state index contributed by atoms with van der Waals surface area (Å²) in [6, 6.07) is 0. The van der Waals surface area contributed by atoms with E-state index >= 15 is 0 Å². The number of nitrogens with zero attached hydrogens (tertiary/aromatic N) is 1. The van der Waals surface area contributed by atoms with E-state index in [4.69, 9.17) is 0 Å². The first-order chi connectivity index (χ1) is 7.27. The maximum absolute atomic E-state index is 9.75. The van der Waals surface area contributed by atoms with Crippen LogP contribution in [-0.4, -0.2) is 17.4 Å². The van der Waals surface area contributed by atoms with Crippen LogP contribution in [0.25, 0.3) is 0 Å². The minimum absolute atomic E-state index is 0.386. The fourth-order valence-electron chi connectivity index (χ4n) is 1.50. The van der Waals surface area contributed by atoms with E-state index in [1.54, 1.807) is 12.2 Å². The molecule has 1 aliphatic heterocycles. The zero-order valence-electron chi connectivity index (χ0n) is 9.37. The molecular formula is C13H19NO. The van der Waals surface area contributed by atoms with E-state index in [1.165, 1.54) is 5.71 Å². The highest BCUT2D eigenvalue weighted by atomic mass is 16.3. The van der Waals surface area contributed by atoms with Gasteiger partial charge in [-0.1, -0.05) is 12.2 Å². The molecule has 1 rings (SSSR count). The molecule has 0 aromatic heterocycles. The van der Waals surface area contributed by atoms with E-state index in [0.29, 0.717) is 12.2 Å². The Hall–Kier alpha value is -1.31. The third-order valence-electron chi connectivity index (χ3n) is 2.57. The number of hydrogen-bond donors (Lipinski definition) is 1. The summed E-state index contributed by atoms with van der Waals surface area (Å²) in [5.74, 6) is 0.386. The molecule has 1 N–H and O–H groups in total. The standard InChI is InChI=1S/C13H19NO/c1-3-5-6-13(15)11(4-2)7-8-12-9-10-14-12/h3-4,6,15H,1,5,7-10H2,2H3/b11-4-,13-6-. The summed E-state index contributed by atoms with van der Waals surface area (Å²) in [6.45, 7) is 6.56. The molecule has 0 spiro atoms. The number of aliphatic hydroxyl groups is 1. The monoisotopic (exact) mass is 205 g/mol. The molecule has 0 aromatic carbocycles. The number of rotatable bonds is 6. The van der Waals surface area contributed by atoms with Crippen LogP contribution in [0, 0.1) is 0 Å². The third-order valence-corrected chi connectivity index (χ3v) is 2.57. The van der Waals surface area contributed by atoms with E-state index in [2.05, 4.69) is 11.6 Å². The van der Waals surface area contributed by atoms with Crippen LogP contribution in [0.4, 0.5) is 0 Å². The number of allylic oxidation sites excluding steroid dienone is 4. The molecule has 15 heavy (non-hydrogen) atoms. The van der Waals surface area contributed by atoms with Gasteiger partial charge in [-0.25, -0.2) is 0 Å². The van der Waals surface area contributed by atoms with Crippen molar-refractivity contribution in [3.8, 4) is 0 Å². The summed E-state index contributed by atoms with van der Waals surface area (Å²) in [5.41, 5.74) is 2.29. The lowest BCUT2D eigenvalue weighted by atomic mass is 10.0. The summed E-state index contributed by atoms with van der Waals surface area (Å²) in [4.78, 5) is 4.27. The molecule has 0 saturated heterocycles. The van der Waals surface area contributed by atoms with E-state index < -0.39 is 0 Å². The summed E-state index contributed by atoms with van der Waals surface area (Å²) in [5, 5.41) is 9.75. The highest BCUT2D eigenvalue weighted by molar-refractivity contribution is 5.88. The molecule has 0 fully saturated rings. The second-order valence-electron chi connectivity index (χ2n) is 3.63. The Balaban J connectivity index is 2.44. The quantitative estimate of drug-likeness (QED) is 0.401. The smallest absolute Gasteiger partial charge is 0.114 e. The van der Waals surface area contributed by atoms with E-state index in [0.717, 1.165) is 31.4 Å². The van der Waals surface area contributed by atoms with Crippen molar-refractivity contribution in [3.05, 3.63) is 36.1 Å². The van der Waals surface area contributed by atoms with Crippen molar-refractivity contribution in [1.29, 1.82) is 0 Å². The van der Waals surface area contributed by atoms with Gasteiger partial charge in [-0.2, -0.15) is 0 Å². The van der Waals surface area contributed by atoms with Gasteiger partial charge in [0.05, 0.1) is 0 Å². The first-order valence-corrected chi connectivity index (χ1v) is 5.45.